The second-order valence-electron chi connectivity index (χ2n) is 13.0. The van der Waals surface area contributed by atoms with Crippen molar-refractivity contribution in [2.24, 2.45) is 5.73 Å². The second kappa shape index (κ2) is 13.5. The van der Waals surface area contributed by atoms with Crippen molar-refractivity contribution in [2.75, 3.05) is 37.9 Å². The van der Waals surface area contributed by atoms with Crippen molar-refractivity contribution >= 4 is 22.6 Å². The second-order valence-corrected chi connectivity index (χ2v) is 13.0. The first-order valence-corrected chi connectivity index (χ1v) is 17.0. The Labute approximate surface area is 275 Å². The highest BCUT2D eigenvalue weighted by atomic mass is 16.5. The van der Waals surface area contributed by atoms with E-state index in [0.717, 1.165) is 75.9 Å². The predicted octanol–water partition coefficient (Wildman–Crippen LogP) is 5.15. The Morgan fingerprint density at radius 2 is 1.62 bits per heavy atom. The number of rotatable bonds is 9. The molecule has 0 saturated carbocycles. The van der Waals surface area contributed by atoms with Gasteiger partial charge in [-0.1, -0.05) is 6.07 Å². The van der Waals surface area contributed by atoms with Crippen LogP contribution >= 0.6 is 0 Å². The molecule has 250 valence electrons. The highest BCUT2D eigenvalue weighted by Crippen LogP contribution is 2.41. The number of pyridine rings is 1. The summed E-state index contributed by atoms with van der Waals surface area (Å²) in [5, 5.41) is 0. The van der Waals surface area contributed by atoms with Gasteiger partial charge in [0.15, 0.2) is 0 Å². The molecule has 4 heterocycles. The lowest BCUT2D eigenvalue weighted by atomic mass is 9.86. The largest absolute Gasteiger partial charge is 0.381 e. The lowest BCUT2D eigenvalue weighted by Crippen LogP contribution is -2.41. The number of carbonyl (C=O) groups excluding carboxylic acids is 1. The Balaban J connectivity index is 1.66. The standard InChI is InChI=1S/C37H47N5O5/c1-6-40(26-10-14-46-15-11-26)34-24(5)29(35(38)43)21-30(31(34)20-28-22(3)18-23(4)39-36(28)44)25-8-9-32-33(19-25)42(37(45)41(32)7-2)27-12-16-47-17-13-27/h8-9,18-19,21,26-27H,6-7,10-17,20H2,1-5H3,(H2,38,43)(H,39,44). The van der Waals surface area contributed by atoms with Crippen molar-refractivity contribution in [2.45, 2.75) is 85.4 Å². The molecule has 10 nitrogen and oxygen atoms in total. The number of anilines is 1. The van der Waals surface area contributed by atoms with Gasteiger partial charge in [0.05, 0.1) is 11.0 Å². The first-order valence-electron chi connectivity index (χ1n) is 17.0. The Bertz CT molecular complexity index is 1920. The van der Waals surface area contributed by atoms with Crippen molar-refractivity contribution in [3.05, 3.63) is 84.7 Å². The molecule has 0 aliphatic carbocycles. The lowest BCUT2D eigenvalue weighted by Gasteiger charge is -2.38. The zero-order valence-corrected chi connectivity index (χ0v) is 28.3. The minimum absolute atomic E-state index is 0.0207. The number of hydrogen-bond acceptors (Lipinski definition) is 6. The number of benzene rings is 2. The summed E-state index contributed by atoms with van der Waals surface area (Å²) >= 11 is 0. The molecule has 3 N–H and O–H groups in total. The number of H-pyrrole nitrogens is 1. The van der Waals surface area contributed by atoms with Gasteiger partial charge < -0.3 is 25.1 Å². The topological polar surface area (TPSA) is 125 Å². The summed E-state index contributed by atoms with van der Waals surface area (Å²) in [4.78, 5) is 45.7. The van der Waals surface area contributed by atoms with Crippen LogP contribution in [0.25, 0.3) is 22.2 Å². The van der Waals surface area contributed by atoms with Gasteiger partial charge in [-0.05, 0) is 112 Å². The normalized spacial score (nSPS) is 16.2. The Kier molecular flexibility index (Phi) is 9.43. The van der Waals surface area contributed by atoms with Gasteiger partial charge in [0.2, 0.25) is 5.91 Å². The molecule has 0 spiro atoms. The molecule has 2 aliphatic rings. The third-order valence-corrected chi connectivity index (χ3v) is 10.2. The molecule has 1 amide bonds. The SMILES string of the molecule is CCN(c1c(C)c(C(N)=O)cc(-c2ccc3c(c2)n(C2CCOCC2)c(=O)n3CC)c1Cc1c(C)cc(C)[nH]c1=O)C1CCOCC1. The molecule has 2 aromatic heterocycles. The van der Waals surface area contributed by atoms with Gasteiger partial charge in [-0.2, -0.15) is 0 Å². The Hall–Kier alpha value is -4.15. The van der Waals surface area contributed by atoms with Gasteiger partial charge in [0.1, 0.15) is 0 Å². The summed E-state index contributed by atoms with van der Waals surface area (Å²) in [5.74, 6) is -0.499. The van der Waals surface area contributed by atoms with E-state index in [0.29, 0.717) is 57.1 Å². The van der Waals surface area contributed by atoms with Crippen LogP contribution < -0.4 is 21.9 Å². The van der Waals surface area contributed by atoms with E-state index in [9.17, 15) is 14.4 Å². The fraction of sp³-hybridized carbons (Fsp3) is 0.486. The maximum Gasteiger partial charge on any atom is 0.329 e. The van der Waals surface area contributed by atoms with Crippen LogP contribution in [0.4, 0.5) is 5.69 Å². The molecule has 2 aromatic carbocycles. The van der Waals surface area contributed by atoms with Crippen molar-refractivity contribution in [3.8, 4) is 11.1 Å². The number of aryl methyl sites for hydroxylation is 3. The lowest BCUT2D eigenvalue weighted by molar-refractivity contribution is 0.0696. The molecule has 4 aromatic rings. The number of ether oxygens (including phenoxy) is 2. The molecular formula is C37H47N5O5. The molecule has 0 atom stereocenters. The average molecular weight is 642 g/mol. The average Bonchev–Trinajstić information content (AvgIpc) is 3.34. The molecule has 2 saturated heterocycles. The van der Waals surface area contributed by atoms with Gasteiger partial charge in [-0.15, -0.1) is 0 Å². The summed E-state index contributed by atoms with van der Waals surface area (Å²) in [5.41, 5.74) is 15.0. The fourth-order valence-corrected chi connectivity index (χ4v) is 7.83. The number of primary amides is 1. The minimum Gasteiger partial charge on any atom is -0.381 e. The first-order chi connectivity index (χ1) is 22.6. The molecule has 6 rings (SSSR count). The number of imidazole rings is 1. The third kappa shape index (κ3) is 6.05. The maximum atomic E-state index is 13.8. The van der Waals surface area contributed by atoms with Crippen LogP contribution in [-0.2, 0) is 22.4 Å². The highest BCUT2D eigenvalue weighted by molar-refractivity contribution is 5.99. The smallest absolute Gasteiger partial charge is 0.329 e. The van der Waals surface area contributed by atoms with Crippen molar-refractivity contribution in [1.82, 2.24) is 14.1 Å². The molecule has 10 heteroatoms. The molecule has 47 heavy (non-hydrogen) atoms. The summed E-state index contributed by atoms with van der Waals surface area (Å²) in [6.45, 7) is 13.8. The van der Waals surface area contributed by atoms with Crippen LogP contribution in [0.15, 0.2) is 39.9 Å². The van der Waals surface area contributed by atoms with E-state index in [4.69, 9.17) is 15.2 Å². The molecular weight excluding hydrogens is 594 g/mol. The number of amides is 1. The molecule has 0 bridgehead atoms. The van der Waals surface area contributed by atoms with Gasteiger partial charge >= 0.3 is 5.69 Å². The van der Waals surface area contributed by atoms with Crippen molar-refractivity contribution in [1.29, 1.82) is 0 Å². The highest BCUT2D eigenvalue weighted by Gasteiger charge is 2.30. The predicted molar refractivity (Wildman–Crippen MR) is 186 cm³/mol. The van der Waals surface area contributed by atoms with Crippen LogP contribution in [0.2, 0.25) is 0 Å². The molecule has 2 aliphatic heterocycles. The number of hydrogen-bond donors (Lipinski definition) is 2. The fourth-order valence-electron chi connectivity index (χ4n) is 7.83. The Morgan fingerprint density at radius 3 is 2.23 bits per heavy atom. The van der Waals surface area contributed by atoms with Crippen LogP contribution in [0, 0.1) is 20.8 Å². The van der Waals surface area contributed by atoms with E-state index in [1.54, 1.807) is 0 Å². The first kappa shape index (κ1) is 32.8. The molecule has 0 unspecified atom stereocenters. The van der Waals surface area contributed by atoms with Crippen LogP contribution in [0.1, 0.15) is 83.9 Å². The summed E-state index contributed by atoms with van der Waals surface area (Å²) in [6, 6.07) is 10.3. The monoisotopic (exact) mass is 641 g/mol. The number of fused-ring (bicyclic) bond motifs is 1. The molecule has 2 fully saturated rings. The quantitative estimate of drug-likeness (QED) is 0.261. The van der Waals surface area contributed by atoms with Crippen molar-refractivity contribution in [3.63, 3.8) is 0 Å². The third-order valence-electron chi connectivity index (χ3n) is 10.2. The number of nitrogens with two attached hydrogens (primary N) is 1. The van der Waals surface area contributed by atoms with Crippen LogP contribution in [0.5, 0.6) is 0 Å². The summed E-state index contributed by atoms with van der Waals surface area (Å²) in [7, 11) is 0. The zero-order chi connectivity index (χ0) is 33.4. The van der Waals surface area contributed by atoms with Crippen LogP contribution in [-0.4, -0.2) is 59.0 Å². The van der Waals surface area contributed by atoms with Gasteiger partial charge in [-0.3, -0.25) is 18.7 Å². The van der Waals surface area contributed by atoms with E-state index in [2.05, 4.69) is 22.9 Å². The number of carbonyl (C=O) groups is 1. The summed E-state index contributed by atoms with van der Waals surface area (Å²) < 4.78 is 15.1. The van der Waals surface area contributed by atoms with Gasteiger partial charge in [-0.25, -0.2) is 4.79 Å². The van der Waals surface area contributed by atoms with Crippen molar-refractivity contribution < 1.29 is 14.3 Å². The van der Waals surface area contributed by atoms with Gasteiger partial charge in [0, 0.05) is 80.5 Å². The number of nitrogens with one attached hydrogen (secondary N) is 1. The van der Waals surface area contributed by atoms with E-state index in [-0.39, 0.29) is 23.3 Å². The maximum absolute atomic E-state index is 13.8. The summed E-state index contributed by atoms with van der Waals surface area (Å²) in [6.07, 6.45) is 3.63. The van der Waals surface area contributed by atoms with E-state index in [1.807, 2.05) is 61.1 Å². The zero-order valence-electron chi connectivity index (χ0n) is 28.3. The Morgan fingerprint density at radius 1 is 0.936 bits per heavy atom. The number of aromatic amines is 1. The van der Waals surface area contributed by atoms with E-state index < -0.39 is 5.91 Å². The minimum atomic E-state index is -0.499. The van der Waals surface area contributed by atoms with E-state index >= 15 is 0 Å². The van der Waals surface area contributed by atoms with Crippen LogP contribution in [0.3, 0.4) is 0 Å². The number of aromatic nitrogens is 3. The number of nitrogens with zero attached hydrogens (tertiary/aromatic N) is 3. The molecule has 0 radical (unpaired) electrons. The van der Waals surface area contributed by atoms with Gasteiger partial charge in [0.25, 0.3) is 5.56 Å². The van der Waals surface area contributed by atoms with E-state index in [1.165, 1.54) is 0 Å².